The van der Waals surface area contributed by atoms with Crippen LogP contribution in [0, 0.1) is 0 Å². The number of thiazole rings is 1. The Morgan fingerprint density at radius 2 is 2.30 bits per heavy atom. The summed E-state index contributed by atoms with van der Waals surface area (Å²) in [6, 6.07) is 0.217. The van der Waals surface area contributed by atoms with Gasteiger partial charge in [0.15, 0.2) is 5.13 Å². The molecule has 0 aromatic carbocycles. The summed E-state index contributed by atoms with van der Waals surface area (Å²) in [5.74, 6) is -0.000210. The van der Waals surface area contributed by atoms with E-state index in [1.165, 1.54) is 11.3 Å². The Hall–Kier alpha value is -0.980. The lowest BCUT2D eigenvalue weighted by molar-refractivity contribution is -0.116. The Balaban J connectivity index is 2.33. The van der Waals surface area contributed by atoms with Crippen molar-refractivity contribution < 1.29 is 9.53 Å². The van der Waals surface area contributed by atoms with E-state index < -0.39 is 0 Å². The van der Waals surface area contributed by atoms with Gasteiger partial charge in [-0.3, -0.25) is 4.79 Å². The molecule has 0 radical (unpaired) electrons. The lowest BCUT2D eigenvalue weighted by atomic mass is 10.2. The summed E-state index contributed by atoms with van der Waals surface area (Å²) < 4.78 is 5.21. The van der Waals surface area contributed by atoms with Gasteiger partial charge in [0.25, 0.3) is 0 Å². The quantitative estimate of drug-likeness (QED) is 0.652. The third-order valence-electron chi connectivity index (χ3n) is 2.81. The van der Waals surface area contributed by atoms with Crippen LogP contribution < -0.4 is 10.6 Å². The molecule has 0 fully saturated rings. The molecule has 2 N–H and O–H groups in total. The van der Waals surface area contributed by atoms with Crippen LogP contribution in [0.1, 0.15) is 51.8 Å². The number of nitrogens with one attached hydrogen (secondary N) is 2. The van der Waals surface area contributed by atoms with E-state index in [9.17, 15) is 4.79 Å². The van der Waals surface area contributed by atoms with Crippen LogP contribution in [0.15, 0.2) is 5.38 Å². The molecule has 20 heavy (non-hydrogen) atoms. The number of carbonyl (C=O) groups excluding carboxylic acids is 1. The number of amides is 1. The highest BCUT2D eigenvalue weighted by Gasteiger charge is 2.11. The van der Waals surface area contributed by atoms with Gasteiger partial charge < -0.3 is 15.4 Å². The summed E-state index contributed by atoms with van der Waals surface area (Å²) in [6.45, 7) is 8.46. The summed E-state index contributed by atoms with van der Waals surface area (Å²) >= 11 is 1.47. The second-order valence-corrected chi connectivity index (χ2v) is 5.46. The van der Waals surface area contributed by atoms with Crippen molar-refractivity contribution in [3.05, 3.63) is 11.1 Å². The van der Waals surface area contributed by atoms with Crippen LogP contribution in [0.2, 0.25) is 0 Å². The minimum Gasteiger partial charge on any atom is -0.382 e. The molecule has 1 amide bonds. The van der Waals surface area contributed by atoms with Crippen molar-refractivity contribution in [1.82, 2.24) is 10.3 Å². The van der Waals surface area contributed by atoms with E-state index in [-0.39, 0.29) is 11.9 Å². The molecule has 0 aliphatic heterocycles. The van der Waals surface area contributed by atoms with Gasteiger partial charge in [0.2, 0.25) is 5.91 Å². The predicted octanol–water partition coefficient (Wildman–Crippen LogP) is 2.96. The summed E-state index contributed by atoms with van der Waals surface area (Å²) in [5, 5.41) is 8.88. The highest BCUT2D eigenvalue weighted by atomic mass is 32.1. The van der Waals surface area contributed by atoms with Gasteiger partial charge >= 0.3 is 0 Å². The number of anilines is 1. The highest BCUT2D eigenvalue weighted by molar-refractivity contribution is 7.13. The zero-order valence-electron chi connectivity index (χ0n) is 12.6. The van der Waals surface area contributed by atoms with Crippen molar-refractivity contribution in [1.29, 1.82) is 0 Å². The fourth-order valence-corrected chi connectivity index (χ4v) is 2.49. The largest absolute Gasteiger partial charge is 0.382 e. The second-order valence-electron chi connectivity index (χ2n) is 4.60. The molecule has 1 aromatic heterocycles. The monoisotopic (exact) mass is 299 g/mol. The van der Waals surface area contributed by atoms with Gasteiger partial charge in [-0.05, 0) is 33.2 Å². The summed E-state index contributed by atoms with van der Waals surface area (Å²) in [6.07, 6.45) is 2.31. The smallest absolute Gasteiger partial charge is 0.226 e. The molecule has 1 aromatic rings. The Kier molecular flexibility index (Phi) is 8.41. The maximum absolute atomic E-state index is 11.7. The van der Waals surface area contributed by atoms with Gasteiger partial charge in [-0.25, -0.2) is 4.98 Å². The third kappa shape index (κ3) is 6.45. The van der Waals surface area contributed by atoms with Crippen LogP contribution in [0.25, 0.3) is 0 Å². The standard InChI is InChI=1S/C14H25N3O2S/c1-4-8-15-11(3)12-10-20-14(16-12)17-13(18)7-6-9-19-5-2/h10-11,15H,4-9H2,1-3H3,(H,16,17,18). The van der Waals surface area contributed by atoms with Crippen molar-refractivity contribution in [2.24, 2.45) is 0 Å². The molecule has 1 atom stereocenters. The SMILES string of the molecule is CCCNC(C)c1csc(NC(=O)CCCOCC)n1. The fourth-order valence-electron chi connectivity index (χ4n) is 1.67. The number of ether oxygens (including phenoxy) is 1. The van der Waals surface area contributed by atoms with Crippen molar-refractivity contribution in [3.8, 4) is 0 Å². The Morgan fingerprint density at radius 3 is 3.00 bits per heavy atom. The van der Waals surface area contributed by atoms with Crippen LogP contribution in [0.4, 0.5) is 5.13 Å². The molecular formula is C14H25N3O2S. The van der Waals surface area contributed by atoms with Crippen molar-refractivity contribution in [3.63, 3.8) is 0 Å². The summed E-state index contributed by atoms with van der Waals surface area (Å²) in [7, 11) is 0. The molecule has 0 spiro atoms. The minimum atomic E-state index is -0.000210. The average Bonchev–Trinajstić information content (AvgIpc) is 2.89. The molecule has 1 unspecified atom stereocenters. The van der Waals surface area contributed by atoms with E-state index in [2.05, 4.69) is 29.5 Å². The lowest BCUT2D eigenvalue weighted by Gasteiger charge is -2.09. The van der Waals surface area contributed by atoms with Crippen LogP contribution in [0.3, 0.4) is 0 Å². The van der Waals surface area contributed by atoms with Gasteiger partial charge in [0, 0.05) is 31.1 Å². The van der Waals surface area contributed by atoms with Crippen LogP contribution >= 0.6 is 11.3 Å². The fraction of sp³-hybridized carbons (Fsp3) is 0.714. The average molecular weight is 299 g/mol. The highest BCUT2D eigenvalue weighted by Crippen LogP contribution is 2.20. The van der Waals surface area contributed by atoms with Crippen molar-refractivity contribution in [2.75, 3.05) is 25.1 Å². The number of rotatable bonds is 10. The third-order valence-corrected chi connectivity index (χ3v) is 3.59. The molecule has 5 nitrogen and oxygen atoms in total. The molecule has 0 bridgehead atoms. The van der Waals surface area contributed by atoms with Gasteiger partial charge in [-0.15, -0.1) is 11.3 Å². The normalized spacial score (nSPS) is 12.3. The molecule has 0 aliphatic carbocycles. The predicted molar refractivity (Wildman–Crippen MR) is 83.2 cm³/mol. The first-order valence-corrected chi connectivity index (χ1v) is 8.11. The Bertz CT molecular complexity index is 396. The number of hydrogen-bond acceptors (Lipinski definition) is 5. The Labute approximate surface area is 125 Å². The van der Waals surface area contributed by atoms with E-state index in [4.69, 9.17) is 4.74 Å². The van der Waals surface area contributed by atoms with Gasteiger partial charge in [0.05, 0.1) is 5.69 Å². The zero-order chi connectivity index (χ0) is 14.8. The van der Waals surface area contributed by atoms with Crippen molar-refractivity contribution >= 4 is 22.4 Å². The van der Waals surface area contributed by atoms with Crippen LogP contribution in [0.5, 0.6) is 0 Å². The molecule has 1 rings (SSSR count). The molecule has 0 saturated carbocycles. The lowest BCUT2D eigenvalue weighted by Crippen LogP contribution is -2.19. The molecule has 0 aliphatic rings. The number of aromatic nitrogens is 1. The van der Waals surface area contributed by atoms with E-state index >= 15 is 0 Å². The minimum absolute atomic E-state index is 0.000210. The molecule has 1 heterocycles. The molecular weight excluding hydrogens is 274 g/mol. The second kappa shape index (κ2) is 9.85. The van der Waals surface area contributed by atoms with Gasteiger partial charge in [0.1, 0.15) is 0 Å². The van der Waals surface area contributed by atoms with Gasteiger partial charge in [-0.1, -0.05) is 6.92 Å². The Morgan fingerprint density at radius 1 is 1.50 bits per heavy atom. The maximum Gasteiger partial charge on any atom is 0.226 e. The van der Waals surface area contributed by atoms with E-state index in [1.54, 1.807) is 0 Å². The molecule has 0 saturated heterocycles. The van der Waals surface area contributed by atoms with Crippen LogP contribution in [-0.4, -0.2) is 30.6 Å². The topological polar surface area (TPSA) is 63.2 Å². The van der Waals surface area contributed by atoms with Crippen LogP contribution in [-0.2, 0) is 9.53 Å². The summed E-state index contributed by atoms with van der Waals surface area (Å²) in [4.78, 5) is 16.2. The zero-order valence-corrected chi connectivity index (χ0v) is 13.4. The first kappa shape index (κ1) is 17.1. The number of nitrogens with zero attached hydrogens (tertiary/aromatic N) is 1. The maximum atomic E-state index is 11.7. The van der Waals surface area contributed by atoms with E-state index in [1.807, 2.05) is 12.3 Å². The van der Waals surface area contributed by atoms with E-state index in [0.717, 1.165) is 25.1 Å². The number of hydrogen-bond donors (Lipinski definition) is 2. The van der Waals surface area contributed by atoms with Gasteiger partial charge in [-0.2, -0.15) is 0 Å². The molecule has 6 heteroatoms. The first-order chi connectivity index (χ1) is 9.67. The number of carbonyl (C=O) groups is 1. The summed E-state index contributed by atoms with van der Waals surface area (Å²) in [5.41, 5.74) is 0.980. The van der Waals surface area contributed by atoms with Crippen molar-refractivity contribution in [2.45, 2.75) is 46.1 Å². The first-order valence-electron chi connectivity index (χ1n) is 7.23. The van der Waals surface area contributed by atoms with E-state index in [0.29, 0.717) is 24.8 Å². The molecule has 114 valence electrons.